The Bertz CT molecular complexity index is 217. The summed E-state index contributed by atoms with van der Waals surface area (Å²) in [5.41, 5.74) is 0. The molecule has 1 fully saturated rings. The van der Waals surface area contributed by atoms with Crippen LogP contribution in [0.3, 0.4) is 0 Å². The lowest BCUT2D eigenvalue weighted by atomic mass is 10.2. The molecular weight excluding hydrogens is 196 g/mol. The Labute approximate surface area is 90.2 Å². The van der Waals surface area contributed by atoms with Crippen molar-refractivity contribution in [2.24, 2.45) is 5.92 Å². The highest BCUT2D eigenvalue weighted by Gasteiger charge is 2.26. The standard InChI is InChI=1S/C11H18O4/c1-4-5-10(12)15-9-6-13-11(8(2)3)14-7-9/h4,8-9,11H,1,5-7H2,2-3H3. The van der Waals surface area contributed by atoms with Crippen molar-refractivity contribution in [3.05, 3.63) is 12.7 Å². The molecule has 0 atom stereocenters. The highest BCUT2D eigenvalue weighted by Crippen LogP contribution is 2.15. The van der Waals surface area contributed by atoms with Crippen LogP contribution in [0.4, 0.5) is 0 Å². The van der Waals surface area contributed by atoms with Gasteiger partial charge in [0, 0.05) is 5.92 Å². The number of carbonyl (C=O) groups excluding carboxylic acids is 1. The summed E-state index contributed by atoms with van der Waals surface area (Å²) in [5.74, 6) is 0.0278. The van der Waals surface area contributed by atoms with E-state index in [1.54, 1.807) is 0 Å². The zero-order chi connectivity index (χ0) is 11.3. The average Bonchev–Trinajstić information content (AvgIpc) is 2.18. The summed E-state index contributed by atoms with van der Waals surface area (Å²) in [7, 11) is 0. The van der Waals surface area contributed by atoms with Crippen molar-refractivity contribution in [3.8, 4) is 0 Å². The molecule has 1 heterocycles. The van der Waals surface area contributed by atoms with Gasteiger partial charge in [0.2, 0.25) is 0 Å². The highest BCUT2D eigenvalue weighted by molar-refractivity contribution is 5.71. The minimum atomic E-state index is -0.287. The minimum Gasteiger partial charge on any atom is -0.457 e. The van der Waals surface area contributed by atoms with Gasteiger partial charge in [0.1, 0.15) is 6.10 Å². The minimum absolute atomic E-state index is 0.181. The van der Waals surface area contributed by atoms with Gasteiger partial charge in [-0.2, -0.15) is 0 Å². The van der Waals surface area contributed by atoms with Crippen LogP contribution in [0.25, 0.3) is 0 Å². The molecule has 0 aliphatic carbocycles. The zero-order valence-corrected chi connectivity index (χ0v) is 9.27. The van der Waals surface area contributed by atoms with Crippen LogP contribution in [0.15, 0.2) is 12.7 Å². The SMILES string of the molecule is C=CCC(=O)OC1COC(C(C)C)OC1. The molecule has 0 spiro atoms. The molecule has 0 saturated carbocycles. The van der Waals surface area contributed by atoms with E-state index >= 15 is 0 Å². The average molecular weight is 214 g/mol. The summed E-state index contributed by atoms with van der Waals surface area (Å²) >= 11 is 0. The fourth-order valence-electron chi connectivity index (χ4n) is 1.31. The third kappa shape index (κ3) is 4.01. The Balaban J connectivity index is 2.25. The molecule has 1 aliphatic heterocycles. The first kappa shape index (κ1) is 12.2. The van der Waals surface area contributed by atoms with Gasteiger partial charge in [-0.3, -0.25) is 4.79 Å². The Hall–Kier alpha value is -0.870. The Morgan fingerprint density at radius 3 is 2.60 bits per heavy atom. The molecule has 1 rings (SSSR count). The van der Waals surface area contributed by atoms with Crippen molar-refractivity contribution in [2.45, 2.75) is 32.7 Å². The van der Waals surface area contributed by atoms with Crippen molar-refractivity contribution in [3.63, 3.8) is 0 Å². The molecule has 0 amide bonds. The Morgan fingerprint density at radius 1 is 1.53 bits per heavy atom. The maximum atomic E-state index is 11.1. The molecule has 86 valence electrons. The highest BCUT2D eigenvalue weighted by atomic mass is 16.7. The summed E-state index contributed by atoms with van der Waals surface area (Å²) in [6.45, 7) is 8.33. The second kappa shape index (κ2) is 5.88. The van der Waals surface area contributed by atoms with E-state index in [9.17, 15) is 4.79 Å². The van der Waals surface area contributed by atoms with Crippen LogP contribution in [0.5, 0.6) is 0 Å². The smallest absolute Gasteiger partial charge is 0.310 e. The summed E-state index contributed by atoms with van der Waals surface area (Å²) in [4.78, 5) is 11.1. The van der Waals surface area contributed by atoms with Gasteiger partial charge in [-0.05, 0) is 0 Å². The van der Waals surface area contributed by atoms with Crippen molar-refractivity contribution in [1.82, 2.24) is 0 Å². The molecule has 15 heavy (non-hydrogen) atoms. The molecule has 0 bridgehead atoms. The lowest BCUT2D eigenvalue weighted by Crippen LogP contribution is -2.40. The Kier molecular flexibility index (Phi) is 4.78. The number of esters is 1. The lowest BCUT2D eigenvalue weighted by Gasteiger charge is -2.31. The molecule has 0 aromatic carbocycles. The molecule has 0 radical (unpaired) electrons. The normalized spacial score (nSPS) is 26.3. The molecular formula is C11H18O4. The predicted octanol–water partition coefficient (Wildman–Crippen LogP) is 1.50. The first-order valence-electron chi connectivity index (χ1n) is 5.17. The van der Waals surface area contributed by atoms with Crippen LogP contribution >= 0.6 is 0 Å². The van der Waals surface area contributed by atoms with E-state index in [1.807, 2.05) is 13.8 Å². The molecule has 0 aromatic heterocycles. The van der Waals surface area contributed by atoms with Crippen LogP contribution in [0, 0.1) is 5.92 Å². The number of rotatable bonds is 4. The van der Waals surface area contributed by atoms with Gasteiger partial charge >= 0.3 is 5.97 Å². The van der Waals surface area contributed by atoms with Gasteiger partial charge in [0.15, 0.2) is 6.29 Å². The van der Waals surface area contributed by atoms with Gasteiger partial charge < -0.3 is 14.2 Å². The van der Waals surface area contributed by atoms with Gasteiger partial charge in [-0.1, -0.05) is 19.9 Å². The van der Waals surface area contributed by atoms with Gasteiger partial charge in [-0.25, -0.2) is 0 Å². The number of ether oxygens (including phenoxy) is 3. The molecule has 1 aliphatic rings. The third-order valence-corrected chi connectivity index (χ3v) is 2.05. The van der Waals surface area contributed by atoms with Crippen LogP contribution < -0.4 is 0 Å². The van der Waals surface area contributed by atoms with Gasteiger partial charge in [-0.15, -0.1) is 6.58 Å². The monoisotopic (exact) mass is 214 g/mol. The van der Waals surface area contributed by atoms with Crippen molar-refractivity contribution < 1.29 is 19.0 Å². The summed E-state index contributed by atoms with van der Waals surface area (Å²) < 4.78 is 15.9. The predicted molar refractivity (Wildman–Crippen MR) is 55.2 cm³/mol. The van der Waals surface area contributed by atoms with E-state index in [4.69, 9.17) is 14.2 Å². The second-order valence-electron chi connectivity index (χ2n) is 3.88. The lowest BCUT2D eigenvalue weighted by molar-refractivity contribution is -0.239. The number of hydrogen-bond acceptors (Lipinski definition) is 4. The van der Waals surface area contributed by atoms with Crippen molar-refractivity contribution >= 4 is 5.97 Å². The van der Waals surface area contributed by atoms with Crippen LogP contribution in [-0.2, 0) is 19.0 Å². The first-order valence-corrected chi connectivity index (χ1v) is 5.17. The third-order valence-electron chi connectivity index (χ3n) is 2.05. The molecule has 4 heteroatoms. The van der Waals surface area contributed by atoms with Crippen LogP contribution in [0.2, 0.25) is 0 Å². The summed E-state index contributed by atoms with van der Waals surface area (Å²) in [5, 5.41) is 0. The molecule has 1 saturated heterocycles. The Morgan fingerprint density at radius 2 is 2.13 bits per heavy atom. The zero-order valence-electron chi connectivity index (χ0n) is 9.27. The quantitative estimate of drug-likeness (QED) is 0.525. The van der Waals surface area contributed by atoms with Gasteiger partial charge in [0.25, 0.3) is 0 Å². The van der Waals surface area contributed by atoms with E-state index in [1.165, 1.54) is 6.08 Å². The van der Waals surface area contributed by atoms with E-state index in [0.717, 1.165) is 0 Å². The number of hydrogen-bond donors (Lipinski definition) is 0. The first-order chi connectivity index (χ1) is 7.13. The van der Waals surface area contributed by atoms with Crippen LogP contribution in [0.1, 0.15) is 20.3 Å². The van der Waals surface area contributed by atoms with E-state index < -0.39 is 0 Å². The fourth-order valence-corrected chi connectivity index (χ4v) is 1.31. The maximum absolute atomic E-state index is 11.1. The summed E-state index contributed by atoms with van der Waals surface area (Å²) in [6.07, 6.45) is 1.28. The largest absolute Gasteiger partial charge is 0.457 e. The molecule has 0 aromatic rings. The van der Waals surface area contributed by atoms with Crippen LogP contribution in [-0.4, -0.2) is 31.6 Å². The van der Waals surface area contributed by atoms with E-state index in [-0.39, 0.29) is 24.8 Å². The molecule has 0 unspecified atom stereocenters. The van der Waals surface area contributed by atoms with Crippen molar-refractivity contribution in [1.29, 1.82) is 0 Å². The fraction of sp³-hybridized carbons (Fsp3) is 0.727. The second-order valence-corrected chi connectivity index (χ2v) is 3.88. The van der Waals surface area contributed by atoms with E-state index in [2.05, 4.69) is 6.58 Å². The maximum Gasteiger partial charge on any atom is 0.310 e. The van der Waals surface area contributed by atoms with E-state index in [0.29, 0.717) is 19.1 Å². The number of carbonyl (C=O) groups is 1. The topological polar surface area (TPSA) is 44.8 Å². The summed E-state index contributed by atoms with van der Waals surface area (Å²) in [6, 6.07) is 0. The molecule has 4 nitrogen and oxygen atoms in total. The van der Waals surface area contributed by atoms with Gasteiger partial charge in [0.05, 0.1) is 19.6 Å². The molecule has 0 N–H and O–H groups in total. The van der Waals surface area contributed by atoms with Crippen molar-refractivity contribution in [2.75, 3.05) is 13.2 Å².